The summed E-state index contributed by atoms with van der Waals surface area (Å²) in [6.45, 7) is 2.35. The van der Waals surface area contributed by atoms with E-state index in [-0.39, 0.29) is 12.3 Å². The van der Waals surface area contributed by atoms with Crippen LogP contribution < -0.4 is 5.32 Å². The van der Waals surface area contributed by atoms with Crippen LogP contribution in [0.5, 0.6) is 0 Å². The number of nitriles is 1. The molecule has 0 saturated carbocycles. The summed E-state index contributed by atoms with van der Waals surface area (Å²) in [5.41, 5.74) is 1.12. The molecule has 0 aliphatic rings. The number of hydrogen-bond donors (Lipinski definition) is 1. The molecule has 114 valence electrons. The highest BCUT2D eigenvalue weighted by Crippen LogP contribution is 2.09. The number of amides is 1. The van der Waals surface area contributed by atoms with Crippen LogP contribution in [0.3, 0.4) is 0 Å². The predicted molar refractivity (Wildman–Crippen MR) is 77.9 cm³/mol. The lowest BCUT2D eigenvalue weighted by Gasteiger charge is -2.07. The van der Waals surface area contributed by atoms with Crippen molar-refractivity contribution in [3.05, 3.63) is 29.8 Å². The smallest absolute Gasteiger partial charge is 0.226 e. The van der Waals surface area contributed by atoms with E-state index in [1.54, 1.807) is 31.4 Å². The van der Waals surface area contributed by atoms with Crippen molar-refractivity contribution in [2.24, 2.45) is 0 Å². The predicted octanol–water partition coefficient (Wildman–Crippen LogP) is 1.57. The maximum absolute atomic E-state index is 11.7. The number of anilines is 1. The van der Waals surface area contributed by atoms with E-state index in [0.717, 1.165) is 0 Å². The first kappa shape index (κ1) is 17.1. The zero-order valence-corrected chi connectivity index (χ0v) is 12.1. The molecular weight excluding hydrogens is 272 g/mol. The van der Waals surface area contributed by atoms with Gasteiger partial charge >= 0.3 is 0 Å². The van der Waals surface area contributed by atoms with Gasteiger partial charge in [0.1, 0.15) is 0 Å². The van der Waals surface area contributed by atoms with Gasteiger partial charge < -0.3 is 19.5 Å². The van der Waals surface area contributed by atoms with Gasteiger partial charge in [0.2, 0.25) is 5.91 Å². The molecule has 1 rings (SSSR count). The summed E-state index contributed by atoms with van der Waals surface area (Å²) in [6.07, 6.45) is 0.259. The molecule has 1 aromatic carbocycles. The topological polar surface area (TPSA) is 80.6 Å². The number of nitrogens with one attached hydrogen (secondary N) is 1. The van der Waals surface area contributed by atoms with Gasteiger partial charge in [-0.25, -0.2) is 0 Å². The molecule has 1 aromatic rings. The summed E-state index contributed by atoms with van der Waals surface area (Å²) in [4.78, 5) is 11.7. The second-order valence-electron chi connectivity index (χ2n) is 4.21. The van der Waals surface area contributed by atoms with E-state index in [1.165, 1.54) is 0 Å². The molecule has 0 radical (unpaired) electrons. The largest absolute Gasteiger partial charge is 0.382 e. The van der Waals surface area contributed by atoms with Crippen LogP contribution in [0.2, 0.25) is 0 Å². The van der Waals surface area contributed by atoms with E-state index in [0.29, 0.717) is 44.3 Å². The third-order valence-corrected chi connectivity index (χ3v) is 2.55. The monoisotopic (exact) mass is 292 g/mol. The zero-order valence-electron chi connectivity index (χ0n) is 12.1. The third-order valence-electron chi connectivity index (χ3n) is 2.55. The highest BCUT2D eigenvalue weighted by atomic mass is 16.5. The van der Waals surface area contributed by atoms with Crippen LogP contribution in [0, 0.1) is 11.3 Å². The van der Waals surface area contributed by atoms with Crippen LogP contribution >= 0.6 is 0 Å². The van der Waals surface area contributed by atoms with Gasteiger partial charge in [-0.05, 0) is 18.2 Å². The number of methoxy groups -OCH3 is 1. The lowest BCUT2D eigenvalue weighted by atomic mass is 10.2. The van der Waals surface area contributed by atoms with Crippen LogP contribution in [0.1, 0.15) is 12.0 Å². The first-order valence-corrected chi connectivity index (χ1v) is 6.70. The Balaban J connectivity index is 2.10. The average Bonchev–Trinajstić information content (AvgIpc) is 2.50. The Morgan fingerprint density at radius 3 is 2.62 bits per heavy atom. The van der Waals surface area contributed by atoms with Crippen molar-refractivity contribution in [2.45, 2.75) is 6.42 Å². The molecule has 21 heavy (non-hydrogen) atoms. The van der Waals surface area contributed by atoms with E-state index in [4.69, 9.17) is 19.5 Å². The zero-order chi connectivity index (χ0) is 15.3. The lowest BCUT2D eigenvalue weighted by Crippen LogP contribution is -2.15. The van der Waals surface area contributed by atoms with Gasteiger partial charge in [-0.15, -0.1) is 0 Å². The molecule has 0 aromatic heterocycles. The summed E-state index contributed by atoms with van der Waals surface area (Å²) in [5.74, 6) is -0.148. The van der Waals surface area contributed by atoms with Crippen molar-refractivity contribution in [3.8, 4) is 6.07 Å². The third kappa shape index (κ3) is 8.05. The second-order valence-corrected chi connectivity index (χ2v) is 4.21. The summed E-state index contributed by atoms with van der Waals surface area (Å²) >= 11 is 0. The second kappa shape index (κ2) is 10.8. The molecule has 0 spiro atoms. The Kier molecular flexibility index (Phi) is 8.80. The Morgan fingerprint density at radius 1 is 1.19 bits per heavy atom. The minimum absolute atomic E-state index is 0.148. The molecule has 0 atom stereocenters. The highest BCUT2D eigenvalue weighted by molar-refractivity contribution is 5.90. The van der Waals surface area contributed by atoms with Crippen molar-refractivity contribution in [1.82, 2.24) is 0 Å². The summed E-state index contributed by atoms with van der Waals surface area (Å²) in [7, 11) is 1.62. The summed E-state index contributed by atoms with van der Waals surface area (Å²) in [5, 5.41) is 11.5. The minimum atomic E-state index is -0.148. The fraction of sp³-hybridized carbons (Fsp3) is 0.467. The standard InChI is InChI=1S/C15H20N2O4/c1-19-7-8-21-10-9-20-6-5-15(18)17-14-4-2-3-13(11-14)12-16/h2-4,11H,5-10H2,1H3,(H,17,18). The Hall–Kier alpha value is -1.94. The Morgan fingerprint density at radius 2 is 1.90 bits per heavy atom. The molecule has 6 heteroatoms. The molecule has 0 unspecified atom stereocenters. The van der Waals surface area contributed by atoms with Crippen LogP contribution in [0.15, 0.2) is 24.3 Å². The SMILES string of the molecule is COCCOCCOCCC(=O)Nc1cccc(C#N)c1. The van der Waals surface area contributed by atoms with E-state index in [9.17, 15) is 4.79 Å². The van der Waals surface area contributed by atoms with Crippen LogP contribution in [0.25, 0.3) is 0 Å². The maximum atomic E-state index is 11.7. The summed E-state index contributed by atoms with van der Waals surface area (Å²) in [6, 6.07) is 8.80. The van der Waals surface area contributed by atoms with Crippen molar-refractivity contribution in [3.63, 3.8) is 0 Å². The molecular formula is C15H20N2O4. The van der Waals surface area contributed by atoms with Crippen molar-refractivity contribution >= 4 is 11.6 Å². The number of nitrogens with zero attached hydrogens (tertiary/aromatic N) is 1. The molecule has 6 nitrogen and oxygen atoms in total. The van der Waals surface area contributed by atoms with E-state index in [2.05, 4.69) is 5.32 Å². The van der Waals surface area contributed by atoms with Gasteiger partial charge in [-0.2, -0.15) is 5.26 Å². The van der Waals surface area contributed by atoms with Gasteiger partial charge in [0.25, 0.3) is 0 Å². The molecule has 0 aliphatic carbocycles. The summed E-state index contributed by atoms with van der Waals surface area (Å²) < 4.78 is 15.3. The fourth-order valence-electron chi connectivity index (χ4n) is 1.52. The molecule has 0 fully saturated rings. The van der Waals surface area contributed by atoms with Gasteiger partial charge in [-0.3, -0.25) is 4.79 Å². The van der Waals surface area contributed by atoms with Crippen LogP contribution in [-0.2, 0) is 19.0 Å². The van der Waals surface area contributed by atoms with Gasteiger partial charge in [0.05, 0.1) is 51.1 Å². The molecule has 0 aliphatic heterocycles. The average molecular weight is 292 g/mol. The van der Waals surface area contributed by atoms with Crippen molar-refractivity contribution < 1.29 is 19.0 Å². The van der Waals surface area contributed by atoms with Gasteiger partial charge in [-0.1, -0.05) is 6.07 Å². The molecule has 1 N–H and O–H groups in total. The number of benzene rings is 1. The van der Waals surface area contributed by atoms with Crippen LogP contribution in [-0.4, -0.2) is 46.1 Å². The molecule has 0 heterocycles. The first-order valence-electron chi connectivity index (χ1n) is 6.70. The van der Waals surface area contributed by atoms with E-state index in [1.807, 2.05) is 6.07 Å². The number of hydrogen-bond acceptors (Lipinski definition) is 5. The quantitative estimate of drug-likeness (QED) is 0.662. The Bertz CT molecular complexity index is 471. The minimum Gasteiger partial charge on any atom is -0.382 e. The molecule has 0 bridgehead atoms. The Labute approximate surface area is 124 Å². The maximum Gasteiger partial charge on any atom is 0.226 e. The first-order chi connectivity index (χ1) is 10.3. The highest BCUT2D eigenvalue weighted by Gasteiger charge is 2.03. The van der Waals surface area contributed by atoms with Crippen molar-refractivity contribution in [2.75, 3.05) is 45.5 Å². The van der Waals surface area contributed by atoms with E-state index < -0.39 is 0 Å². The van der Waals surface area contributed by atoms with Gasteiger partial charge in [0, 0.05) is 12.8 Å². The number of carbonyl (C=O) groups is 1. The normalized spacial score (nSPS) is 10.1. The number of carbonyl (C=O) groups excluding carboxylic acids is 1. The van der Waals surface area contributed by atoms with Crippen molar-refractivity contribution in [1.29, 1.82) is 5.26 Å². The number of rotatable bonds is 10. The van der Waals surface area contributed by atoms with E-state index >= 15 is 0 Å². The molecule has 0 saturated heterocycles. The lowest BCUT2D eigenvalue weighted by molar-refractivity contribution is -0.117. The van der Waals surface area contributed by atoms with Crippen LogP contribution in [0.4, 0.5) is 5.69 Å². The number of ether oxygens (including phenoxy) is 3. The fourth-order valence-corrected chi connectivity index (χ4v) is 1.52. The van der Waals surface area contributed by atoms with Gasteiger partial charge in [0.15, 0.2) is 0 Å². The molecule has 1 amide bonds.